The highest BCUT2D eigenvalue weighted by Crippen LogP contribution is 2.37. The molecule has 44 heavy (non-hydrogen) atoms. The molecule has 2 heterocycles. The van der Waals surface area contributed by atoms with Crippen molar-refractivity contribution < 1.29 is 0 Å². The molecule has 0 bridgehead atoms. The Balaban J connectivity index is 1.18. The predicted octanol–water partition coefficient (Wildman–Crippen LogP) is 11.2. The third-order valence-corrected chi connectivity index (χ3v) is 8.93. The molecule has 9 rings (SSSR count). The Morgan fingerprint density at radius 3 is 1.43 bits per heavy atom. The van der Waals surface area contributed by atoms with Crippen LogP contribution in [0.4, 0.5) is 0 Å². The van der Waals surface area contributed by atoms with Crippen LogP contribution in [0.25, 0.3) is 77.2 Å². The molecule has 7 aromatic carbocycles. The SMILES string of the molecule is c1ccc(-c2ccc3c4ccccc4n(-c4ccc(-c5ccc6c(c5)c5ccccc5n6-c5ccccc5)cc4)c3c2)cc1. The first-order valence-corrected chi connectivity index (χ1v) is 15.1. The smallest absolute Gasteiger partial charge is 0.0547 e. The van der Waals surface area contributed by atoms with E-state index in [1.807, 2.05) is 0 Å². The summed E-state index contributed by atoms with van der Waals surface area (Å²) in [5, 5.41) is 5.07. The van der Waals surface area contributed by atoms with E-state index in [4.69, 9.17) is 0 Å². The van der Waals surface area contributed by atoms with Gasteiger partial charge in [0.2, 0.25) is 0 Å². The van der Waals surface area contributed by atoms with E-state index in [1.165, 1.54) is 71.6 Å². The minimum Gasteiger partial charge on any atom is -0.309 e. The minimum absolute atomic E-state index is 1.16. The number of benzene rings is 7. The fraction of sp³-hybridized carbons (Fsp3) is 0. The molecule has 2 heteroatoms. The lowest BCUT2D eigenvalue weighted by Crippen LogP contribution is -1.94. The van der Waals surface area contributed by atoms with Gasteiger partial charge in [-0.25, -0.2) is 0 Å². The van der Waals surface area contributed by atoms with Crippen LogP contribution >= 0.6 is 0 Å². The first kappa shape index (κ1) is 24.7. The summed E-state index contributed by atoms with van der Waals surface area (Å²) < 4.78 is 4.76. The van der Waals surface area contributed by atoms with Gasteiger partial charge in [-0.3, -0.25) is 0 Å². The molecular weight excluding hydrogens is 532 g/mol. The maximum Gasteiger partial charge on any atom is 0.0547 e. The number of rotatable bonds is 4. The highest BCUT2D eigenvalue weighted by Gasteiger charge is 2.15. The molecular formula is C42H28N2. The summed E-state index contributed by atoms with van der Waals surface area (Å²) in [5.41, 5.74) is 12.1. The Kier molecular flexibility index (Phi) is 5.54. The molecule has 2 nitrogen and oxygen atoms in total. The van der Waals surface area contributed by atoms with Crippen LogP contribution in [0, 0.1) is 0 Å². The van der Waals surface area contributed by atoms with E-state index in [9.17, 15) is 0 Å². The van der Waals surface area contributed by atoms with Crippen LogP contribution in [0.5, 0.6) is 0 Å². The lowest BCUT2D eigenvalue weighted by molar-refractivity contribution is 1.18. The number of fused-ring (bicyclic) bond motifs is 6. The molecule has 0 amide bonds. The van der Waals surface area contributed by atoms with Crippen molar-refractivity contribution in [3.05, 3.63) is 170 Å². The van der Waals surface area contributed by atoms with Crippen molar-refractivity contribution in [2.75, 3.05) is 0 Å². The second-order valence-corrected chi connectivity index (χ2v) is 11.4. The summed E-state index contributed by atoms with van der Waals surface area (Å²) in [5.74, 6) is 0. The van der Waals surface area contributed by atoms with Crippen molar-refractivity contribution in [2.45, 2.75) is 0 Å². The van der Waals surface area contributed by atoms with E-state index in [0.717, 1.165) is 5.69 Å². The highest BCUT2D eigenvalue weighted by molar-refractivity contribution is 6.11. The lowest BCUT2D eigenvalue weighted by Gasteiger charge is -2.11. The maximum atomic E-state index is 2.40. The summed E-state index contributed by atoms with van der Waals surface area (Å²) in [6.07, 6.45) is 0. The Hall–Kier alpha value is -5.86. The van der Waals surface area contributed by atoms with Crippen LogP contribution in [-0.4, -0.2) is 9.13 Å². The molecule has 0 aliphatic heterocycles. The average Bonchev–Trinajstić information content (AvgIpc) is 3.61. The first-order chi connectivity index (χ1) is 21.8. The van der Waals surface area contributed by atoms with Crippen LogP contribution < -0.4 is 0 Å². The van der Waals surface area contributed by atoms with Crippen molar-refractivity contribution >= 4 is 43.6 Å². The monoisotopic (exact) mass is 560 g/mol. The van der Waals surface area contributed by atoms with E-state index >= 15 is 0 Å². The molecule has 0 spiro atoms. The number of aromatic nitrogens is 2. The zero-order chi connectivity index (χ0) is 29.0. The van der Waals surface area contributed by atoms with Gasteiger partial charge < -0.3 is 9.13 Å². The van der Waals surface area contributed by atoms with E-state index in [1.54, 1.807) is 0 Å². The number of para-hydroxylation sites is 3. The highest BCUT2D eigenvalue weighted by atomic mass is 15.0. The summed E-state index contributed by atoms with van der Waals surface area (Å²) in [4.78, 5) is 0. The van der Waals surface area contributed by atoms with Gasteiger partial charge in [-0.2, -0.15) is 0 Å². The van der Waals surface area contributed by atoms with Crippen molar-refractivity contribution in [1.29, 1.82) is 0 Å². The molecule has 206 valence electrons. The third kappa shape index (κ3) is 3.82. The molecule has 0 saturated heterocycles. The zero-order valence-electron chi connectivity index (χ0n) is 24.1. The Morgan fingerprint density at radius 2 is 0.705 bits per heavy atom. The Morgan fingerprint density at radius 1 is 0.250 bits per heavy atom. The van der Waals surface area contributed by atoms with Crippen LogP contribution in [0.3, 0.4) is 0 Å². The largest absolute Gasteiger partial charge is 0.309 e. The van der Waals surface area contributed by atoms with Crippen LogP contribution in [0.2, 0.25) is 0 Å². The molecule has 0 saturated carbocycles. The van der Waals surface area contributed by atoms with Crippen molar-refractivity contribution in [3.8, 4) is 33.6 Å². The van der Waals surface area contributed by atoms with Gasteiger partial charge in [0.15, 0.2) is 0 Å². The fourth-order valence-electron chi connectivity index (χ4n) is 6.87. The molecule has 0 aliphatic carbocycles. The van der Waals surface area contributed by atoms with Crippen molar-refractivity contribution in [2.24, 2.45) is 0 Å². The molecule has 0 atom stereocenters. The topological polar surface area (TPSA) is 9.86 Å². The molecule has 0 aliphatic rings. The second-order valence-electron chi connectivity index (χ2n) is 11.4. The summed E-state index contributed by atoms with van der Waals surface area (Å²) in [7, 11) is 0. The van der Waals surface area contributed by atoms with Gasteiger partial charge in [0.25, 0.3) is 0 Å². The van der Waals surface area contributed by atoms with E-state index < -0.39 is 0 Å². The molecule has 0 fully saturated rings. The molecule has 0 radical (unpaired) electrons. The first-order valence-electron chi connectivity index (χ1n) is 15.1. The zero-order valence-corrected chi connectivity index (χ0v) is 24.1. The molecule has 2 aromatic heterocycles. The van der Waals surface area contributed by atoms with Gasteiger partial charge in [-0.1, -0.05) is 115 Å². The van der Waals surface area contributed by atoms with Gasteiger partial charge in [-0.15, -0.1) is 0 Å². The van der Waals surface area contributed by atoms with Crippen molar-refractivity contribution in [3.63, 3.8) is 0 Å². The number of nitrogens with zero attached hydrogens (tertiary/aromatic N) is 2. The van der Waals surface area contributed by atoms with Gasteiger partial charge in [0, 0.05) is 32.9 Å². The standard InChI is InChI=1S/C42H28N2/c1-3-11-29(12-4-1)32-21-25-37-35-15-7-9-17-39(35)44(42(37)28-32)34-23-19-30(20-24-34)31-22-26-41-38(27-31)36-16-8-10-18-40(36)43(41)33-13-5-2-6-14-33/h1-28H. The normalized spacial score (nSPS) is 11.6. The minimum atomic E-state index is 1.16. The van der Waals surface area contributed by atoms with Crippen LogP contribution in [-0.2, 0) is 0 Å². The summed E-state index contributed by atoms with van der Waals surface area (Å²) in [6.45, 7) is 0. The summed E-state index contributed by atoms with van der Waals surface area (Å²) >= 11 is 0. The lowest BCUT2D eigenvalue weighted by atomic mass is 10.0. The van der Waals surface area contributed by atoms with Crippen LogP contribution in [0.15, 0.2) is 170 Å². The van der Waals surface area contributed by atoms with E-state index in [0.29, 0.717) is 0 Å². The van der Waals surface area contributed by atoms with Gasteiger partial charge in [0.1, 0.15) is 0 Å². The van der Waals surface area contributed by atoms with Gasteiger partial charge >= 0.3 is 0 Å². The molecule has 0 N–H and O–H groups in total. The predicted molar refractivity (Wildman–Crippen MR) is 186 cm³/mol. The number of hydrogen-bond acceptors (Lipinski definition) is 0. The Labute approximate surface area is 255 Å². The van der Waals surface area contributed by atoms with Gasteiger partial charge in [0.05, 0.1) is 22.1 Å². The quantitative estimate of drug-likeness (QED) is 0.203. The van der Waals surface area contributed by atoms with E-state index in [-0.39, 0.29) is 0 Å². The Bertz CT molecular complexity index is 2460. The second kappa shape index (κ2) is 9.86. The van der Waals surface area contributed by atoms with Crippen LogP contribution in [0.1, 0.15) is 0 Å². The number of hydrogen-bond donors (Lipinski definition) is 0. The summed E-state index contributed by atoms with van der Waals surface area (Å²) in [6, 6.07) is 61.4. The molecule has 9 aromatic rings. The average molecular weight is 561 g/mol. The fourth-order valence-corrected chi connectivity index (χ4v) is 6.87. The van der Waals surface area contributed by atoms with E-state index in [2.05, 4.69) is 179 Å². The van der Waals surface area contributed by atoms with Crippen molar-refractivity contribution in [1.82, 2.24) is 9.13 Å². The molecule has 0 unspecified atom stereocenters. The maximum absolute atomic E-state index is 2.40. The van der Waals surface area contributed by atoms with Gasteiger partial charge in [-0.05, 0) is 76.9 Å². The third-order valence-electron chi connectivity index (χ3n) is 8.93.